The molecule has 0 fully saturated rings. The van der Waals surface area contributed by atoms with Gasteiger partial charge < -0.3 is 34.9 Å². The number of anilines is 2. The number of thioether (sulfide) groups is 1. The molecule has 160 valence electrons. The zero-order valence-electron chi connectivity index (χ0n) is 15.8. The van der Waals surface area contributed by atoms with Crippen molar-refractivity contribution in [3.63, 3.8) is 0 Å². The summed E-state index contributed by atoms with van der Waals surface area (Å²) in [5, 5.41) is 13.2. The van der Waals surface area contributed by atoms with E-state index < -0.39 is 11.5 Å². The Balaban J connectivity index is 1.65. The van der Waals surface area contributed by atoms with E-state index >= 15 is 0 Å². The Morgan fingerprint density at radius 3 is 3.00 bits per heavy atom. The Morgan fingerprint density at radius 1 is 1.43 bits per heavy atom. The van der Waals surface area contributed by atoms with Crippen LogP contribution in [0.1, 0.15) is 5.37 Å². The van der Waals surface area contributed by atoms with Crippen LogP contribution in [0.3, 0.4) is 0 Å². The lowest BCUT2D eigenvalue weighted by atomic mass is 10.2. The molecule has 0 amide bonds. The molecule has 0 aliphatic carbocycles. The van der Waals surface area contributed by atoms with E-state index in [0.29, 0.717) is 46.8 Å². The van der Waals surface area contributed by atoms with Gasteiger partial charge in [-0.2, -0.15) is 9.93 Å². The van der Waals surface area contributed by atoms with Crippen LogP contribution >= 0.6 is 24.0 Å². The molecule has 2 aliphatic heterocycles. The first-order valence-electron chi connectivity index (χ1n) is 8.96. The molecule has 0 radical (unpaired) electrons. The molecule has 2 atom stereocenters. The fourth-order valence-corrected chi connectivity index (χ4v) is 4.78. The van der Waals surface area contributed by atoms with Crippen molar-refractivity contribution in [3.05, 3.63) is 39.8 Å². The summed E-state index contributed by atoms with van der Waals surface area (Å²) in [6.45, 7) is 0.407. The van der Waals surface area contributed by atoms with Crippen LogP contribution in [0.4, 0.5) is 16.0 Å². The highest BCUT2D eigenvalue weighted by atomic mass is 32.2. The van der Waals surface area contributed by atoms with Gasteiger partial charge in [0.1, 0.15) is 41.9 Å². The minimum atomic E-state index is -1.06. The molecule has 4 rings (SSSR count). The van der Waals surface area contributed by atoms with Gasteiger partial charge in [0.25, 0.3) is 0 Å². The number of aromatic nitrogens is 2. The third kappa shape index (κ3) is 3.72. The summed E-state index contributed by atoms with van der Waals surface area (Å²) in [6, 6.07) is 5.38. The highest BCUT2D eigenvalue weighted by Crippen LogP contribution is 2.48. The molecule has 4 N–H and O–H groups in total. The molecule has 2 aromatic rings. The van der Waals surface area contributed by atoms with Crippen molar-refractivity contribution in [1.82, 2.24) is 9.55 Å². The summed E-state index contributed by atoms with van der Waals surface area (Å²) in [4.78, 5) is 8.55. The maximum atomic E-state index is 12.4. The Labute approximate surface area is 180 Å². The van der Waals surface area contributed by atoms with Crippen LogP contribution in [0.2, 0.25) is 0 Å². The lowest BCUT2D eigenvalue weighted by Crippen LogP contribution is -2.22. The maximum Gasteiger partial charge on any atom is 0.202 e. The zero-order chi connectivity index (χ0) is 21.3. The highest BCUT2D eigenvalue weighted by Gasteiger charge is 2.38. The summed E-state index contributed by atoms with van der Waals surface area (Å²) in [5.74, 6) is 2.18. The second kappa shape index (κ2) is 8.78. The molecule has 1 aromatic carbocycles. The molecule has 9 nitrogen and oxygen atoms in total. The van der Waals surface area contributed by atoms with Crippen LogP contribution in [0, 0.1) is 4.77 Å². The average molecular weight is 455 g/mol. The van der Waals surface area contributed by atoms with Crippen LogP contribution in [0.15, 0.2) is 35.1 Å². The SMILES string of the molecule is COC1=C(COF)S[C@@H](n2cc3c(nc2=S)Nc2c(OCCN)cccc2O3)C1O. The number of methoxy groups -OCH3 is 1. The van der Waals surface area contributed by atoms with E-state index in [9.17, 15) is 9.63 Å². The number of fused-ring (bicyclic) bond motifs is 2. The summed E-state index contributed by atoms with van der Waals surface area (Å²) < 4.78 is 31.0. The fraction of sp³-hybridized carbons (Fsp3) is 0.333. The molecule has 2 aliphatic rings. The van der Waals surface area contributed by atoms with Crippen molar-refractivity contribution in [2.24, 2.45) is 5.73 Å². The molecule has 30 heavy (non-hydrogen) atoms. The standard InChI is InChI=1S/C18H19FN4O5S2/c1-25-15-12(8-27-19)30-17(14(15)24)23-7-11-16(22-18(23)29)21-13-9(26-6-5-20)3-2-4-10(13)28-11/h2-4,7,14,17,24H,5-6,8,20H2,1H3,(H,21,22,29)/t14?,17-/m1/s1. The largest absolute Gasteiger partial charge is 0.497 e. The van der Waals surface area contributed by atoms with E-state index in [4.69, 9.17) is 32.2 Å². The van der Waals surface area contributed by atoms with Crippen molar-refractivity contribution < 1.29 is 28.8 Å². The molecule has 3 heterocycles. The van der Waals surface area contributed by atoms with Crippen LogP contribution in [-0.4, -0.2) is 47.6 Å². The number of nitrogens with one attached hydrogen (secondary N) is 1. The quantitative estimate of drug-likeness (QED) is 0.460. The van der Waals surface area contributed by atoms with Gasteiger partial charge in [-0.15, -0.1) is 0 Å². The van der Waals surface area contributed by atoms with Gasteiger partial charge in [0.05, 0.1) is 18.2 Å². The number of ether oxygens (including phenoxy) is 3. The third-order valence-electron chi connectivity index (χ3n) is 4.50. The van der Waals surface area contributed by atoms with E-state index in [1.165, 1.54) is 18.9 Å². The van der Waals surface area contributed by atoms with Gasteiger partial charge in [-0.1, -0.05) is 17.8 Å². The number of halogens is 1. The number of hydrogen-bond donors (Lipinski definition) is 3. The molecule has 0 bridgehead atoms. The second-order valence-electron chi connectivity index (χ2n) is 6.34. The number of aliphatic hydroxyl groups is 1. The molecular weight excluding hydrogens is 435 g/mol. The number of hydrogen-bond acceptors (Lipinski definition) is 10. The van der Waals surface area contributed by atoms with E-state index in [1.807, 2.05) is 0 Å². The topological polar surface area (TPSA) is 113 Å². The first-order valence-corrected chi connectivity index (χ1v) is 10.3. The number of aliphatic hydroxyl groups excluding tert-OH is 1. The maximum absolute atomic E-state index is 12.4. The molecule has 0 saturated heterocycles. The van der Waals surface area contributed by atoms with Gasteiger partial charge in [0, 0.05) is 6.54 Å². The lowest BCUT2D eigenvalue weighted by Gasteiger charge is -2.25. The summed E-state index contributed by atoms with van der Waals surface area (Å²) >= 11 is 6.61. The van der Waals surface area contributed by atoms with Crippen molar-refractivity contribution in [2.75, 3.05) is 32.2 Å². The zero-order valence-corrected chi connectivity index (χ0v) is 17.5. The van der Waals surface area contributed by atoms with E-state index in [0.717, 1.165) is 0 Å². The highest BCUT2D eigenvalue weighted by molar-refractivity contribution is 8.03. The summed E-state index contributed by atoms with van der Waals surface area (Å²) in [6.07, 6.45) is 0.582. The lowest BCUT2D eigenvalue weighted by molar-refractivity contribution is -0.119. The first kappa shape index (κ1) is 20.9. The Kier molecular flexibility index (Phi) is 6.11. The minimum Gasteiger partial charge on any atom is -0.497 e. The van der Waals surface area contributed by atoms with Crippen LogP contribution in [0.25, 0.3) is 0 Å². The van der Waals surface area contributed by atoms with Crippen LogP contribution < -0.4 is 20.5 Å². The van der Waals surface area contributed by atoms with Crippen molar-refractivity contribution in [2.45, 2.75) is 11.5 Å². The third-order valence-corrected chi connectivity index (χ3v) is 6.13. The fourth-order valence-electron chi connectivity index (χ4n) is 3.20. The van der Waals surface area contributed by atoms with Gasteiger partial charge in [0.15, 0.2) is 17.3 Å². The predicted molar refractivity (Wildman–Crippen MR) is 111 cm³/mol. The van der Waals surface area contributed by atoms with E-state index in [2.05, 4.69) is 15.2 Å². The number of para-hydroxylation sites is 1. The van der Waals surface area contributed by atoms with Gasteiger partial charge in [-0.05, 0) is 28.9 Å². The Hall–Kier alpha value is -2.38. The normalized spacial score (nSPS) is 19.6. The van der Waals surface area contributed by atoms with Gasteiger partial charge in [0.2, 0.25) is 4.77 Å². The molecule has 12 heteroatoms. The van der Waals surface area contributed by atoms with E-state index in [-0.39, 0.29) is 17.1 Å². The number of nitrogens with two attached hydrogens (primary N) is 1. The molecule has 0 spiro atoms. The van der Waals surface area contributed by atoms with Gasteiger partial charge in [-0.25, -0.2) is 0 Å². The van der Waals surface area contributed by atoms with Gasteiger partial charge in [-0.3, -0.25) is 0 Å². The first-order chi connectivity index (χ1) is 14.6. The molecular formula is C18H19FN4O5S2. The second-order valence-corrected chi connectivity index (χ2v) is 7.91. The van der Waals surface area contributed by atoms with Crippen molar-refractivity contribution in [1.29, 1.82) is 0 Å². The van der Waals surface area contributed by atoms with E-state index in [1.54, 1.807) is 29.0 Å². The minimum absolute atomic E-state index is 0.197. The molecule has 1 unspecified atom stereocenters. The van der Waals surface area contributed by atoms with Crippen LogP contribution in [-0.2, 0) is 9.68 Å². The number of benzene rings is 1. The smallest absolute Gasteiger partial charge is 0.202 e. The summed E-state index contributed by atoms with van der Waals surface area (Å²) in [5.41, 5.74) is 6.14. The Bertz CT molecular complexity index is 1050. The number of nitrogens with zero attached hydrogens (tertiary/aromatic N) is 2. The van der Waals surface area contributed by atoms with Gasteiger partial charge >= 0.3 is 0 Å². The molecule has 0 saturated carbocycles. The number of rotatable bonds is 7. The summed E-state index contributed by atoms with van der Waals surface area (Å²) in [7, 11) is 1.40. The van der Waals surface area contributed by atoms with Crippen molar-refractivity contribution in [3.8, 4) is 17.2 Å². The Morgan fingerprint density at radius 2 is 2.27 bits per heavy atom. The average Bonchev–Trinajstić information content (AvgIpc) is 3.05. The van der Waals surface area contributed by atoms with Crippen molar-refractivity contribution >= 4 is 35.5 Å². The molecule has 1 aromatic heterocycles. The monoisotopic (exact) mass is 454 g/mol. The van der Waals surface area contributed by atoms with Crippen LogP contribution in [0.5, 0.6) is 17.2 Å². The predicted octanol–water partition coefficient (Wildman–Crippen LogP) is 3.16.